The molecular formula is C9H9NaO4S. The topological polar surface area (TPSA) is 66.4 Å². The monoisotopic (exact) mass is 236 g/mol. The van der Waals surface area contributed by atoms with Crippen LogP contribution in [-0.2, 0) is 15.8 Å². The molecule has 1 aromatic rings. The predicted molar refractivity (Wildman–Crippen MR) is 49.7 cm³/mol. The Morgan fingerprint density at radius 2 is 2.07 bits per heavy atom. The fraction of sp³-hybridized carbons (Fsp3) is 0.222. The smallest absolute Gasteiger partial charge is 0.768 e. The average molecular weight is 236 g/mol. The fourth-order valence-corrected chi connectivity index (χ4v) is 1.58. The van der Waals surface area contributed by atoms with Crippen molar-refractivity contribution >= 4 is 17.0 Å². The van der Waals surface area contributed by atoms with Gasteiger partial charge in [0.25, 0.3) is 0 Å². The average Bonchev–Trinajstić information content (AvgIpc) is 2.17. The number of carbonyl (C=O) groups excluding carboxylic acids is 1. The van der Waals surface area contributed by atoms with E-state index in [-0.39, 0.29) is 40.0 Å². The van der Waals surface area contributed by atoms with E-state index in [1.165, 1.54) is 19.2 Å². The fourth-order valence-electron chi connectivity index (χ4n) is 1.02. The summed E-state index contributed by atoms with van der Waals surface area (Å²) in [4.78, 5) is 11.2. The molecule has 0 saturated carbocycles. The molecule has 0 N–H and O–H groups in total. The Labute approximate surface area is 113 Å². The van der Waals surface area contributed by atoms with E-state index in [4.69, 9.17) is 0 Å². The van der Waals surface area contributed by atoms with E-state index in [0.717, 1.165) is 0 Å². The molecule has 0 aliphatic rings. The summed E-state index contributed by atoms with van der Waals surface area (Å²) >= 11 is -2.33. The van der Waals surface area contributed by atoms with Gasteiger partial charge in [-0.3, -0.25) is 4.21 Å². The maximum absolute atomic E-state index is 11.1. The van der Waals surface area contributed by atoms with Crippen molar-refractivity contribution < 1.29 is 47.9 Å². The van der Waals surface area contributed by atoms with Gasteiger partial charge in [0.15, 0.2) is 0 Å². The van der Waals surface area contributed by atoms with Crippen molar-refractivity contribution in [1.82, 2.24) is 0 Å². The summed E-state index contributed by atoms with van der Waals surface area (Å²) in [5.74, 6) is -0.545. The van der Waals surface area contributed by atoms with Gasteiger partial charge in [-0.2, -0.15) is 0 Å². The number of hydrogen-bond donors (Lipinski definition) is 0. The third-order valence-electron chi connectivity index (χ3n) is 1.79. The van der Waals surface area contributed by atoms with Crippen LogP contribution in [0.5, 0.6) is 0 Å². The Kier molecular flexibility index (Phi) is 6.31. The first-order valence-corrected chi connectivity index (χ1v) is 4.92. The third kappa shape index (κ3) is 3.70. The van der Waals surface area contributed by atoms with Gasteiger partial charge in [-0.25, -0.2) is 4.79 Å². The van der Waals surface area contributed by atoms with E-state index in [1.54, 1.807) is 13.0 Å². The molecule has 0 aromatic heterocycles. The SMILES string of the molecule is COC(=O)c1ccc(C)c(S(=O)[O-])c1.[Na+]. The second-order valence-electron chi connectivity index (χ2n) is 2.71. The van der Waals surface area contributed by atoms with E-state index in [9.17, 15) is 13.6 Å². The molecule has 0 fully saturated rings. The molecule has 0 amide bonds. The van der Waals surface area contributed by atoms with Crippen LogP contribution in [0.1, 0.15) is 15.9 Å². The summed E-state index contributed by atoms with van der Waals surface area (Å²) in [6.45, 7) is 1.66. The van der Waals surface area contributed by atoms with Crippen molar-refractivity contribution in [1.29, 1.82) is 0 Å². The summed E-state index contributed by atoms with van der Waals surface area (Å²) in [6, 6.07) is 4.39. The Balaban J connectivity index is 0.00000196. The summed E-state index contributed by atoms with van der Waals surface area (Å²) in [5.41, 5.74) is 0.836. The first-order valence-electron chi connectivity index (χ1n) is 3.84. The number of carbonyl (C=O) groups is 1. The van der Waals surface area contributed by atoms with Crippen LogP contribution >= 0.6 is 0 Å². The molecule has 0 bridgehead atoms. The number of esters is 1. The van der Waals surface area contributed by atoms with Gasteiger partial charge in [0, 0.05) is 4.90 Å². The zero-order valence-corrected chi connectivity index (χ0v) is 11.6. The summed E-state index contributed by atoms with van der Waals surface area (Å²) in [7, 11) is 1.25. The Bertz CT molecular complexity index is 392. The number of ether oxygens (including phenoxy) is 1. The molecule has 1 atom stereocenters. The van der Waals surface area contributed by atoms with E-state index in [0.29, 0.717) is 5.56 Å². The zero-order chi connectivity index (χ0) is 10.7. The zero-order valence-electron chi connectivity index (χ0n) is 8.77. The Morgan fingerprint density at radius 3 is 2.53 bits per heavy atom. The van der Waals surface area contributed by atoms with Crippen LogP contribution in [0.4, 0.5) is 0 Å². The molecule has 0 spiro atoms. The van der Waals surface area contributed by atoms with Gasteiger partial charge in [-0.1, -0.05) is 6.07 Å². The van der Waals surface area contributed by atoms with Gasteiger partial charge >= 0.3 is 35.5 Å². The molecule has 0 saturated heterocycles. The molecule has 76 valence electrons. The van der Waals surface area contributed by atoms with Crippen LogP contribution in [0.25, 0.3) is 0 Å². The van der Waals surface area contributed by atoms with Crippen molar-refractivity contribution in [3.8, 4) is 0 Å². The molecule has 0 aliphatic carbocycles. The second kappa shape index (κ2) is 6.40. The van der Waals surface area contributed by atoms with Crippen molar-refractivity contribution in [2.24, 2.45) is 0 Å². The molecule has 1 rings (SSSR count). The van der Waals surface area contributed by atoms with Gasteiger partial charge in [-0.05, 0) is 35.7 Å². The molecule has 0 heterocycles. The molecule has 6 heteroatoms. The third-order valence-corrected chi connectivity index (χ3v) is 2.59. The summed E-state index contributed by atoms with van der Waals surface area (Å²) in [6.07, 6.45) is 0. The van der Waals surface area contributed by atoms with Crippen molar-refractivity contribution in [3.63, 3.8) is 0 Å². The Hall–Kier alpha value is -0.200. The Morgan fingerprint density at radius 1 is 1.47 bits per heavy atom. The van der Waals surface area contributed by atoms with E-state index in [2.05, 4.69) is 4.74 Å². The maximum Gasteiger partial charge on any atom is 1.00 e. The number of aryl methyl sites for hydroxylation is 1. The van der Waals surface area contributed by atoms with E-state index in [1.807, 2.05) is 0 Å². The van der Waals surface area contributed by atoms with E-state index < -0.39 is 17.0 Å². The maximum atomic E-state index is 11.1. The molecule has 4 nitrogen and oxygen atoms in total. The van der Waals surface area contributed by atoms with Gasteiger partial charge in [0.05, 0.1) is 12.7 Å². The molecule has 0 aliphatic heterocycles. The van der Waals surface area contributed by atoms with Gasteiger partial charge in [-0.15, -0.1) is 0 Å². The number of rotatable bonds is 2. The van der Waals surface area contributed by atoms with Crippen LogP contribution < -0.4 is 29.6 Å². The number of benzene rings is 1. The van der Waals surface area contributed by atoms with Gasteiger partial charge < -0.3 is 9.29 Å². The predicted octanol–water partition coefficient (Wildman–Crippen LogP) is -1.98. The molecule has 0 radical (unpaired) electrons. The van der Waals surface area contributed by atoms with Crippen LogP contribution in [0.2, 0.25) is 0 Å². The minimum Gasteiger partial charge on any atom is -0.768 e. The van der Waals surface area contributed by atoms with Crippen molar-refractivity contribution in [3.05, 3.63) is 29.3 Å². The largest absolute Gasteiger partial charge is 1.00 e. The number of methoxy groups -OCH3 is 1. The van der Waals surface area contributed by atoms with Gasteiger partial charge in [0.2, 0.25) is 0 Å². The summed E-state index contributed by atoms with van der Waals surface area (Å²) < 4.78 is 25.9. The van der Waals surface area contributed by atoms with E-state index >= 15 is 0 Å². The van der Waals surface area contributed by atoms with Crippen LogP contribution in [0, 0.1) is 6.92 Å². The molecule has 15 heavy (non-hydrogen) atoms. The normalized spacial score (nSPS) is 11.4. The van der Waals surface area contributed by atoms with Crippen molar-refractivity contribution in [2.45, 2.75) is 11.8 Å². The second-order valence-corrected chi connectivity index (χ2v) is 3.62. The molecule has 1 unspecified atom stereocenters. The van der Waals surface area contributed by atoms with Crippen LogP contribution in [0.15, 0.2) is 23.1 Å². The van der Waals surface area contributed by atoms with Crippen LogP contribution in [0.3, 0.4) is 0 Å². The molecular weight excluding hydrogens is 227 g/mol. The minimum absolute atomic E-state index is 0. The number of hydrogen-bond acceptors (Lipinski definition) is 4. The quantitative estimate of drug-likeness (QED) is 0.339. The first-order chi connectivity index (χ1) is 6.56. The minimum atomic E-state index is -2.33. The standard InChI is InChI=1S/C9H10O4S.Na/c1-6-3-4-7(9(10)13-2)5-8(6)14(11)12;/h3-5H,1-2H3,(H,11,12);/q;+1/p-1. The van der Waals surface area contributed by atoms with Gasteiger partial charge in [0.1, 0.15) is 0 Å². The van der Waals surface area contributed by atoms with Crippen LogP contribution in [-0.4, -0.2) is 21.8 Å². The first kappa shape index (κ1) is 14.8. The molecule has 1 aromatic carbocycles. The van der Waals surface area contributed by atoms with Crippen molar-refractivity contribution in [2.75, 3.05) is 7.11 Å². The summed E-state index contributed by atoms with van der Waals surface area (Å²) in [5, 5.41) is 0.